The predicted octanol–water partition coefficient (Wildman–Crippen LogP) is 2.71. The zero-order valence-corrected chi connectivity index (χ0v) is 7.99. The Bertz CT molecular complexity index is 418. The van der Waals surface area contributed by atoms with E-state index in [1.54, 1.807) is 6.08 Å². The lowest BCUT2D eigenvalue weighted by Gasteiger charge is -2.01. The third-order valence-electron chi connectivity index (χ3n) is 1.82. The van der Waals surface area contributed by atoms with E-state index in [1.165, 1.54) is 6.08 Å². The molecule has 0 radical (unpaired) electrons. The summed E-state index contributed by atoms with van der Waals surface area (Å²) in [6, 6.07) is 9.36. The minimum absolute atomic E-state index is 0.380. The molecular formula is C11H7ClO2. The van der Waals surface area contributed by atoms with Crippen molar-refractivity contribution in [2.24, 2.45) is 0 Å². The number of hydrogen-bond donors (Lipinski definition) is 0. The number of cyclic esters (lactones) is 1. The molecular weight excluding hydrogens is 200 g/mol. The summed E-state index contributed by atoms with van der Waals surface area (Å²) in [7, 11) is 0. The average Bonchev–Trinajstić information content (AvgIpc) is 2.65. The molecule has 0 saturated heterocycles. The number of benzene rings is 1. The predicted molar refractivity (Wildman–Crippen MR) is 54.4 cm³/mol. The van der Waals surface area contributed by atoms with E-state index in [-0.39, 0.29) is 5.97 Å². The zero-order valence-electron chi connectivity index (χ0n) is 7.24. The smallest absolute Gasteiger partial charge is 0.336 e. The lowest BCUT2D eigenvalue weighted by Crippen LogP contribution is -1.91. The van der Waals surface area contributed by atoms with Gasteiger partial charge in [0.05, 0.1) is 5.03 Å². The number of allylic oxidation sites excluding steroid dienone is 1. The average molecular weight is 207 g/mol. The quantitative estimate of drug-likeness (QED) is 0.661. The van der Waals surface area contributed by atoms with Crippen LogP contribution in [0, 0.1) is 0 Å². The van der Waals surface area contributed by atoms with Gasteiger partial charge in [0, 0.05) is 6.08 Å². The maximum absolute atomic E-state index is 10.8. The summed E-state index contributed by atoms with van der Waals surface area (Å²) in [4.78, 5) is 10.8. The number of carbonyl (C=O) groups excluding carboxylic acids is 1. The monoisotopic (exact) mass is 206 g/mol. The largest absolute Gasteiger partial charge is 0.422 e. The molecule has 2 rings (SSSR count). The summed E-state index contributed by atoms with van der Waals surface area (Å²) >= 11 is 6.03. The number of rotatable bonds is 1. The first kappa shape index (κ1) is 9.03. The standard InChI is InChI=1S/C11H7ClO2/c12-11(8-4-2-1-3-5-8)9-6-7-10(13)14-9/h1-7H/b11-9-. The van der Waals surface area contributed by atoms with Crippen LogP contribution >= 0.6 is 11.6 Å². The van der Waals surface area contributed by atoms with E-state index in [2.05, 4.69) is 0 Å². The summed E-state index contributed by atoms with van der Waals surface area (Å²) < 4.78 is 4.88. The van der Waals surface area contributed by atoms with Crippen molar-refractivity contribution in [3.63, 3.8) is 0 Å². The van der Waals surface area contributed by atoms with Crippen molar-refractivity contribution >= 4 is 22.6 Å². The Hall–Kier alpha value is -1.54. The number of ether oxygens (including phenoxy) is 1. The van der Waals surface area contributed by atoms with Crippen molar-refractivity contribution in [3.05, 3.63) is 53.8 Å². The number of halogens is 1. The molecule has 0 N–H and O–H groups in total. The third kappa shape index (κ3) is 1.70. The van der Waals surface area contributed by atoms with E-state index >= 15 is 0 Å². The van der Waals surface area contributed by atoms with Crippen LogP contribution in [0.15, 0.2) is 48.2 Å². The van der Waals surface area contributed by atoms with Crippen LogP contribution in [0.5, 0.6) is 0 Å². The van der Waals surface area contributed by atoms with E-state index < -0.39 is 0 Å². The molecule has 0 saturated carbocycles. The van der Waals surface area contributed by atoms with E-state index in [9.17, 15) is 4.79 Å². The zero-order chi connectivity index (χ0) is 9.97. The highest BCUT2D eigenvalue weighted by molar-refractivity contribution is 6.49. The van der Waals surface area contributed by atoms with Gasteiger partial charge in [-0.15, -0.1) is 0 Å². The van der Waals surface area contributed by atoms with E-state index in [0.29, 0.717) is 10.8 Å². The van der Waals surface area contributed by atoms with Gasteiger partial charge in [-0.05, 0) is 11.6 Å². The molecule has 1 aliphatic heterocycles. The van der Waals surface area contributed by atoms with Crippen LogP contribution in [0.25, 0.3) is 5.03 Å². The van der Waals surface area contributed by atoms with Crippen molar-refractivity contribution in [1.29, 1.82) is 0 Å². The van der Waals surface area contributed by atoms with Gasteiger partial charge in [0.2, 0.25) is 0 Å². The van der Waals surface area contributed by atoms with Crippen molar-refractivity contribution in [3.8, 4) is 0 Å². The summed E-state index contributed by atoms with van der Waals surface area (Å²) in [6.07, 6.45) is 2.92. The van der Waals surface area contributed by atoms with Gasteiger partial charge in [-0.1, -0.05) is 41.9 Å². The fourth-order valence-electron chi connectivity index (χ4n) is 1.16. The lowest BCUT2D eigenvalue weighted by molar-refractivity contribution is -0.132. The first-order chi connectivity index (χ1) is 6.77. The van der Waals surface area contributed by atoms with E-state index in [0.717, 1.165) is 5.56 Å². The fourth-order valence-corrected chi connectivity index (χ4v) is 1.39. The highest BCUT2D eigenvalue weighted by atomic mass is 35.5. The summed E-state index contributed by atoms with van der Waals surface area (Å²) in [6.45, 7) is 0. The molecule has 0 bridgehead atoms. The summed E-state index contributed by atoms with van der Waals surface area (Å²) in [5.41, 5.74) is 0.837. The minimum Gasteiger partial charge on any atom is -0.422 e. The summed E-state index contributed by atoms with van der Waals surface area (Å²) in [5, 5.41) is 0.452. The molecule has 0 atom stereocenters. The highest BCUT2D eigenvalue weighted by Gasteiger charge is 2.14. The number of carbonyl (C=O) groups is 1. The maximum atomic E-state index is 10.8. The van der Waals surface area contributed by atoms with Crippen molar-refractivity contribution in [2.45, 2.75) is 0 Å². The molecule has 70 valence electrons. The molecule has 2 nitrogen and oxygen atoms in total. The fraction of sp³-hybridized carbons (Fsp3) is 0. The first-order valence-electron chi connectivity index (χ1n) is 4.12. The third-order valence-corrected chi connectivity index (χ3v) is 2.23. The van der Waals surface area contributed by atoms with Crippen LogP contribution in [-0.2, 0) is 9.53 Å². The molecule has 0 fully saturated rings. The van der Waals surface area contributed by atoms with Crippen LogP contribution in [0.3, 0.4) is 0 Å². The second-order valence-electron chi connectivity index (χ2n) is 2.80. The topological polar surface area (TPSA) is 26.3 Å². The Kier molecular flexibility index (Phi) is 2.37. The van der Waals surface area contributed by atoms with Gasteiger partial charge < -0.3 is 4.74 Å². The summed E-state index contributed by atoms with van der Waals surface area (Å²) in [5.74, 6) is 0.0250. The van der Waals surface area contributed by atoms with Crippen LogP contribution in [0.4, 0.5) is 0 Å². The van der Waals surface area contributed by atoms with Gasteiger partial charge in [-0.2, -0.15) is 0 Å². The van der Waals surface area contributed by atoms with E-state index in [1.807, 2.05) is 30.3 Å². The maximum Gasteiger partial charge on any atom is 0.336 e. The molecule has 1 aromatic carbocycles. The molecule has 0 aromatic heterocycles. The number of hydrogen-bond acceptors (Lipinski definition) is 2. The molecule has 14 heavy (non-hydrogen) atoms. The lowest BCUT2D eigenvalue weighted by atomic mass is 10.2. The van der Waals surface area contributed by atoms with Gasteiger partial charge in [-0.25, -0.2) is 4.79 Å². The minimum atomic E-state index is -0.380. The SMILES string of the molecule is O=C1C=C/C(=C(/Cl)c2ccccc2)O1. The van der Waals surface area contributed by atoms with Crippen molar-refractivity contribution in [2.75, 3.05) is 0 Å². The van der Waals surface area contributed by atoms with Gasteiger partial charge in [0.25, 0.3) is 0 Å². The van der Waals surface area contributed by atoms with E-state index in [4.69, 9.17) is 16.3 Å². The Morgan fingerprint density at radius 1 is 1.14 bits per heavy atom. The second-order valence-corrected chi connectivity index (χ2v) is 3.18. The Balaban J connectivity index is 2.37. The normalized spacial score (nSPS) is 18.2. The Morgan fingerprint density at radius 2 is 1.86 bits per heavy atom. The van der Waals surface area contributed by atoms with Crippen LogP contribution in [0.2, 0.25) is 0 Å². The Labute approximate surface area is 86.4 Å². The molecule has 0 amide bonds. The molecule has 0 unspecified atom stereocenters. The highest BCUT2D eigenvalue weighted by Crippen LogP contribution is 2.26. The molecule has 1 heterocycles. The van der Waals surface area contributed by atoms with Gasteiger partial charge in [0.15, 0.2) is 5.76 Å². The van der Waals surface area contributed by atoms with Crippen LogP contribution in [0.1, 0.15) is 5.56 Å². The second kappa shape index (κ2) is 3.68. The van der Waals surface area contributed by atoms with Crippen molar-refractivity contribution < 1.29 is 9.53 Å². The van der Waals surface area contributed by atoms with Gasteiger partial charge in [0.1, 0.15) is 0 Å². The molecule has 1 aromatic rings. The van der Waals surface area contributed by atoms with Crippen LogP contribution in [-0.4, -0.2) is 5.97 Å². The van der Waals surface area contributed by atoms with Crippen LogP contribution < -0.4 is 0 Å². The Morgan fingerprint density at radius 3 is 2.43 bits per heavy atom. The molecule has 3 heteroatoms. The van der Waals surface area contributed by atoms with Gasteiger partial charge >= 0.3 is 5.97 Å². The first-order valence-corrected chi connectivity index (χ1v) is 4.50. The van der Waals surface area contributed by atoms with Gasteiger partial charge in [-0.3, -0.25) is 0 Å². The molecule has 0 spiro atoms. The number of esters is 1. The molecule has 0 aliphatic carbocycles. The molecule has 1 aliphatic rings. The van der Waals surface area contributed by atoms with Crippen molar-refractivity contribution in [1.82, 2.24) is 0 Å².